The van der Waals surface area contributed by atoms with Crippen LogP contribution in [0.2, 0.25) is 0 Å². The summed E-state index contributed by atoms with van der Waals surface area (Å²) in [6.45, 7) is 0. The molecule has 0 N–H and O–H groups in total. The third kappa shape index (κ3) is 3.88. The van der Waals surface area contributed by atoms with Gasteiger partial charge in [-0.05, 0) is 11.6 Å². The van der Waals surface area contributed by atoms with Gasteiger partial charge in [0.2, 0.25) is 0 Å². The van der Waals surface area contributed by atoms with E-state index in [4.69, 9.17) is 0 Å². The van der Waals surface area contributed by atoms with Gasteiger partial charge in [-0.3, -0.25) is 0 Å². The van der Waals surface area contributed by atoms with E-state index in [0.29, 0.717) is 5.56 Å². The molecule has 0 radical (unpaired) electrons. The molecule has 0 saturated carbocycles. The van der Waals surface area contributed by atoms with Gasteiger partial charge in [-0.1, -0.05) is 60.7 Å². The lowest BCUT2D eigenvalue weighted by Gasteiger charge is -2.12. The van der Waals surface area contributed by atoms with Gasteiger partial charge >= 0.3 is 15.6 Å². The first kappa shape index (κ1) is 16.1. The van der Waals surface area contributed by atoms with Gasteiger partial charge in [0.05, 0.1) is 0 Å². The fraction of sp³-hybridized carbons (Fsp3) is 0.0667. The van der Waals surface area contributed by atoms with Gasteiger partial charge in [0.15, 0.2) is 5.76 Å². The molecule has 0 saturated heterocycles. The van der Waals surface area contributed by atoms with Gasteiger partial charge < -0.3 is 4.18 Å². The lowest BCUT2D eigenvalue weighted by Crippen LogP contribution is -2.25. The lowest BCUT2D eigenvalue weighted by molar-refractivity contribution is -0.0509. The number of benzene rings is 2. The molecule has 0 spiro atoms. The van der Waals surface area contributed by atoms with E-state index in [2.05, 4.69) is 4.18 Å². The van der Waals surface area contributed by atoms with Crippen molar-refractivity contribution < 1.29 is 25.8 Å². The Balaban J connectivity index is 2.47. The number of alkyl halides is 3. The van der Waals surface area contributed by atoms with Crippen molar-refractivity contribution in [3.63, 3.8) is 0 Å². The Hall–Kier alpha value is -2.28. The summed E-state index contributed by atoms with van der Waals surface area (Å²) in [5.74, 6) is -0.399. The van der Waals surface area contributed by atoms with Crippen LogP contribution in [0.4, 0.5) is 13.2 Å². The van der Waals surface area contributed by atoms with E-state index in [1.807, 2.05) is 0 Å². The van der Waals surface area contributed by atoms with Crippen molar-refractivity contribution in [2.45, 2.75) is 5.51 Å². The number of halogens is 3. The zero-order valence-corrected chi connectivity index (χ0v) is 11.9. The highest BCUT2D eigenvalue weighted by atomic mass is 32.2. The molecule has 2 aromatic rings. The van der Waals surface area contributed by atoms with Crippen LogP contribution in [0, 0.1) is 0 Å². The SMILES string of the molecule is O=S(=O)(O/C(=C\c1ccccc1)c1ccccc1)C(F)(F)F. The first-order valence-corrected chi connectivity index (χ1v) is 7.53. The van der Waals surface area contributed by atoms with Gasteiger partial charge in [0, 0.05) is 5.56 Å². The smallest absolute Gasteiger partial charge is 0.375 e. The number of rotatable bonds is 4. The molecular weight excluding hydrogens is 317 g/mol. The third-order valence-corrected chi connectivity index (χ3v) is 3.60. The number of hydrogen-bond donors (Lipinski definition) is 0. The summed E-state index contributed by atoms with van der Waals surface area (Å²) in [7, 11) is -5.73. The summed E-state index contributed by atoms with van der Waals surface area (Å²) in [6, 6.07) is 16.0. The Labute approximate surface area is 125 Å². The maximum atomic E-state index is 12.5. The molecule has 2 aromatic carbocycles. The molecule has 0 atom stereocenters. The van der Waals surface area contributed by atoms with Crippen molar-refractivity contribution in [2.24, 2.45) is 0 Å². The predicted octanol–water partition coefficient (Wildman–Crippen LogP) is 4.05. The molecule has 22 heavy (non-hydrogen) atoms. The average Bonchev–Trinajstić information content (AvgIpc) is 2.47. The summed E-state index contributed by atoms with van der Waals surface area (Å²) in [5, 5.41) is 0. The van der Waals surface area contributed by atoms with E-state index >= 15 is 0 Å². The summed E-state index contributed by atoms with van der Waals surface area (Å²) < 4.78 is 64.3. The van der Waals surface area contributed by atoms with Gasteiger partial charge in [-0.2, -0.15) is 21.6 Å². The van der Waals surface area contributed by atoms with Gasteiger partial charge in [0.25, 0.3) is 0 Å². The summed E-state index contributed by atoms with van der Waals surface area (Å²) in [4.78, 5) is 0. The molecule has 0 aromatic heterocycles. The van der Waals surface area contributed by atoms with Crippen LogP contribution >= 0.6 is 0 Å². The van der Waals surface area contributed by atoms with Crippen LogP contribution in [-0.2, 0) is 14.3 Å². The highest BCUT2D eigenvalue weighted by Crippen LogP contribution is 2.30. The van der Waals surface area contributed by atoms with Crippen LogP contribution in [0.25, 0.3) is 11.8 Å². The molecule has 7 heteroatoms. The van der Waals surface area contributed by atoms with E-state index in [1.54, 1.807) is 48.5 Å². The molecule has 0 aliphatic heterocycles. The van der Waals surface area contributed by atoms with Crippen molar-refractivity contribution in [2.75, 3.05) is 0 Å². The molecule has 2 rings (SSSR count). The molecule has 0 amide bonds. The zero-order chi connectivity index (χ0) is 16.2. The second kappa shape index (κ2) is 6.23. The molecule has 116 valence electrons. The molecule has 0 bridgehead atoms. The fourth-order valence-corrected chi connectivity index (χ4v) is 2.10. The summed E-state index contributed by atoms with van der Waals surface area (Å²) in [5.41, 5.74) is -4.75. The van der Waals surface area contributed by atoms with Gasteiger partial charge in [-0.15, -0.1) is 0 Å². The summed E-state index contributed by atoms with van der Waals surface area (Å²) >= 11 is 0. The quantitative estimate of drug-likeness (QED) is 0.368. The highest BCUT2D eigenvalue weighted by molar-refractivity contribution is 7.87. The number of hydrogen-bond acceptors (Lipinski definition) is 3. The van der Waals surface area contributed by atoms with Gasteiger partial charge in [0.1, 0.15) is 0 Å². The van der Waals surface area contributed by atoms with Crippen molar-refractivity contribution in [3.8, 4) is 0 Å². The average molecular weight is 328 g/mol. The Morgan fingerprint density at radius 2 is 1.41 bits per heavy atom. The molecule has 0 aliphatic carbocycles. The van der Waals surface area contributed by atoms with E-state index in [9.17, 15) is 21.6 Å². The van der Waals surface area contributed by atoms with Crippen LogP contribution in [0.1, 0.15) is 11.1 Å². The Morgan fingerprint density at radius 3 is 1.91 bits per heavy atom. The van der Waals surface area contributed by atoms with E-state index in [1.165, 1.54) is 18.2 Å². The summed E-state index contributed by atoms with van der Waals surface area (Å²) in [6.07, 6.45) is 1.23. The van der Waals surface area contributed by atoms with Crippen LogP contribution in [-0.4, -0.2) is 13.9 Å². The second-order valence-corrected chi connectivity index (χ2v) is 5.81. The van der Waals surface area contributed by atoms with Crippen LogP contribution in [0.3, 0.4) is 0 Å². The van der Waals surface area contributed by atoms with Gasteiger partial charge in [-0.25, -0.2) is 0 Å². The molecule has 0 fully saturated rings. The maximum absolute atomic E-state index is 12.5. The second-order valence-electron chi connectivity index (χ2n) is 4.27. The topological polar surface area (TPSA) is 43.4 Å². The largest absolute Gasteiger partial charge is 0.534 e. The normalized spacial score (nSPS) is 13.0. The first-order valence-electron chi connectivity index (χ1n) is 6.12. The highest BCUT2D eigenvalue weighted by Gasteiger charge is 2.48. The molecular formula is C15H11F3O3S. The van der Waals surface area contributed by atoms with Crippen LogP contribution in [0.5, 0.6) is 0 Å². The fourth-order valence-electron chi connectivity index (χ4n) is 1.62. The standard InChI is InChI=1S/C15H11F3O3S/c16-15(17,18)22(19,20)21-14(13-9-5-2-6-10-13)11-12-7-3-1-4-8-12/h1-11H/b14-11-. The minimum atomic E-state index is -5.73. The molecule has 0 heterocycles. The third-order valence-electron chi connectivity index (χ3n) is 2.64. The monoisotopic (exact) mass is 328 g/mol. The molecule has 3 nitrogen and oxygen atoms in total. The lowest BCUT2D eigenvalue weighted by atomic mass is 10.1. The Bertz CT molecular complexity index is 752. The molecule has 0 aliphatic rings. The van der Waals surface area contributed by atoms with Crippen molar-refractivity contribution in [1.29, 1.82) is 0 Å². The van der Waals surface area contributed by atoms with E-state index in [-0.39, 0.29) is 5.56 Å². The van der Waals surface area contributed by atoms with Crippen LogP contribution < -0.4 is 0 Å². The van der Waals surface area contributed by atoms with Crippen molar-refractivity contribution >= 4 is 22.0 Å². The van der Waals surface area contributed by atoms with E-state index < -0.39 is 21.4 Å². The maximum Gasteiger partial charge on any atom is 0.534 e. The Kier molecular flexibility index (Phi) is 4.56. The van der Waals surface area contributed by atoms with Crippen molar-refractivity contribution in [1.82, 2.24) is 0 Å². The minimum absolute atomic E-state index is 0.221. The van der Waals surface area contributed by atoms with Crippen molar-refractivity contribution in [3.05, 3.63) is 71.8 Å². The van der Waals surface area contributed by atoms with E-state index in [0.717, 1.165) is 0 Å². The predicted molar refractivity (Wildman–Crippen MR) is 76.8 cm³/mol. The minimum Gasteiger partial charge on any atom is -0.375 e. The molecule has 0 unspecified atom stereocenters. The van der Waals surface area contributed by atoms with Crippen LogP contribution in [0.15, 0.2) is 60.7 Å². The Morgan fingerprint density at radius 1 is 0.909 bits per heavy atom. The first-order chi connectivity index (χ1) is 10.3. The zero-order valence-electron chi connectivity index (χ0n) is 11.1.